The number of piperidine rings is 1. The SMILES string of the molecule is CSC1(C#N)CCN(Cc2cccc([N+](=O)[O-])c2)CC1. The Balaban J connectivity index is 1.98. The van der Waals surface area contributed by atoms with E-state index in [-0.39, 0.29) is 15.4 Å². The molecular weight excluding hydrogens is 274 g/mol. The Morgan fingerprint density at radius 2 is 2.20 bits per heavy atom. The molecule has 0 radical (unpaired) electrons. The van der Waals surface area contributed by atoms with E-state index in [0.29, 0.717) is 6.54 Å². The summed E-state index contributed by atoms with van der Waals surface area (Å²) in [6.07, 6.45) is 3.68. The van der Waals surface area contributed by atoms with Crippen molar-refractivity contribution in [2.45, 2.75) is 24.1 Å². The molecule has 0 atom stereocenters. The van der Waals surface area contributed by atoms with Gasteiger partial charge < -0.3 is 0 Å². The van der Waals surface area contributed by atoms with Crippen molar-refractivity contribution >= 4 is 17.4 Å². The lowest BCUT2D eigenvalue weighted by Crippen LogP contribution is -2.41. The van der Waals surface area contributed by atoms with Crippen LogP contribution in [-0.4, -0.2) is 33.9 Å². The van der Waals surface area contributed by atoms with E-state index in [4.69, 9.17) is 0 Å². The number of benzene rings is 1. The maximum absolute atomic E-state index is 10.8. The molecule has 1 aromatic carbocycles. The van der Waals surface area contributed by atoms with Crippen LogP contribution >= 0.6 is 11.8 Å². The molecule has 0 saturated carbocycles. The topological polar surface area (TPSA) is 70.2 Å². The molecule has 1 aliphatic heterocycles. The van der Waals surface area contributed by atoms with Gasteiger partial charge in [-0.15, -0.1) is 11.8 Å². The van der Waals surface area contributed by atoms with Crippen molar-refractivity contribution in [3.8, 4) is 6.07 Å². The highest BCUT2D eigenvalue weighted by Gasteiger charge is 2.33. The van der Waals surface area contributed by atoms with Gasteiger partial charge in [0.2, 0.25) is 0 Å². The zero-order chi connectivity index (χ0) is 14.6. The average molecular weight is 291 g/mol. The van der Waals surface area contributed by atoms with Crippen LogP contribution in [0.25, 0.3) is 0 Å². The van der Waals surface area contributed by atoms with Crippen molar-refractivity contribution in [3.05, 3.63) is 39.9 Å². The third-order valence-electron chi connectivity index (χ3n) is 3.79. The largest absolute Gasteiger partial charge is 0.299 e. The van der Waals surface area contributed by atoms with Crippen molar-refractivity contribution in [1.82, 2.24) is 4.90 Å². The third-order valence-corrected chi connectivity index (χ3v) is 5.07. The predicted molar refractivity (Wildman–Crippen MR) is 79.5 cm³/mol. The van der Waals surface area contributed by atoms with E-state index in [0.717, 1.165) is 31.5 Å². The molecule has 0 amide bonds. The first kappa shape index (κ1) is 14.8. The van der Waals surface area contributed by atoms with Crippen LogP contribution in [0.1, 0.15) is 18.4 Å². The first-order chi connectivity index (χ1) is 9.58. The number of thioether (sulfide) groups is 1. The molecule has 0 aliphatic carbocycles. The predicted octanol–water partition coefficient (Wildman–Crippen LogP) is 2.82. The highest BCUT2D eigenvalue weighted by atomic mass is 32.2. The van der Waals surface area contributed by atoms with Crippen LogP contribution in [0.3, 0.4) is 0 Å². The number of non-ortho nitro benzene ring substituents is 1. The van der Waals surface area contributed by atoms with Crippen LogP contribution in [0.5, 0.6) is 0 Å². The van der Waals surface area contributed by atoms with Crippen molar-refractivity contribution in [2.24, 2.45) is 0 Å². The molecule has 0 aromatic heterocycles. The number of hydrogen-bond acceptors (Lipinski definition) is 5. The van der Waals surface area contributed by atoms with E-state index >= 15 is 0 Å². The molecule has 1 fully saturated rings. The summed E-state index contributed by atoms with van der Waals surface area (Å²) in [5.74, 6) is 0. The fourth-order valence-electron chi connectivity index (χ4n) is 2.46. The van der Waals surface area contributed by atoms with Crippen LogP contribution < -0.4 is 0 Å². The van der Waals surface area contributed by atoms with E-state index in [1.807, 2.05) is 12.3 Å². The minimum Gasteiger partial charge on any atom is -0.299 e. The first-order valence-corrected chi connectivity index (χ1v) is 7.73. The average Bonchev–Trinajstić information content (AvgIpc) is 2.49. The lowest BCUT2D eigenvalue weighted by Gasteiger charge is -2.36. The Kier molecular flexibility index (Phi) is 4.63. The standard InChI is InChI=1S/C14H17N3O2S/c1-20-14(11-15)5-7-16(8-6-14)10-12-3-2-4-13(9-12)17(18)19/h2-4,9H,5-8,10H2,1H3. The zero-order valence-corrected chi connectivity index (χ0v) is 12.2. The molecule has 2 rings (SSSR count). The summed E-state index contributed by atoms with van der Waals surface area (Å²) in [5.41, 5.74) is 1.09. The van der Waals surface area contributed by atoms with Gasteiger partial charge in [-0.25, -0.2) is 0 Å². The van der Waals surface area contributed by atoms with Crippen LogP contribution in [0.4, 0.5) is 5.69 Å². The van der Waals surface area contributed by atoms with Crippen LogP contribution in [0.2, 0.25) is 0 Å². The van der Waals surface area contributed by atoms with Crippen molar-refractivity contribution in [1.29, 1.82) is 5.26 Å². The van der Waals surface area contributed by atoms with Crippen molar-refractivity contribution < 1.29 is 4.92 Å². The zero-order valence-electron chi connectivity index (χ0n) is 11.4. The Hall–Kier alpha value is -1.58. The Bertz CT molecular complexity index is 533. The lowest BCUT2D eigenvalue weighted by molar-refractivity contribution is -0.384. The van der Waals surface area contributed by atoms with Crippen molar-refractivity contribution in [2.75, 3.05) is 19.3 Å². The monoisotopic (exact) mass is 291 g/mol. The fourth-order valence-corrected chi connectivity index (χ4v) is 3.14. The van der Waals surface area contributed by atoms with Gasteiger partial charge in [0.1, 0.15) is 4.75 Å². The minimum atomic E-state index is -0.367. The quantitative estimate of drug-likeness (QED) is 0.630. The normalized spacial score (nSPS) is 18.4. The second kappa shape index (κ2) is 6.25. The fraction of sp³-hybridized carbons (Fsp3) is 0.500. The van der Waals surface area contributed by atoms with Gasteiger partial charge >= 0.3 is 0 Å². The highest BCUT2D eigenvalue weighted by Crippen LogP contribution is 2.34. The summed E-state index contributed by atoms with van der Waals surface area (Å²) in [6, 6.07) is 9.19. The summed E-state index contributed by atoms with van der Waals surface area (Å²) >= 11 is 1.63. The molecular formula is C14H17N3O2S. The summed E-state index contributed by atoms with van der Waals surface area (Å²) in [4.78, 5) is 12.6. The van der Waals surface area contributed by atoms with E-state index in [1.54, 1.807) is 23.9 Å². The smallest absolute Gasteiger partial charge is 0.269 e. The van der Waals surface area contributed by atoms with E-state index in [9.17, 15) is 15.4 Å². The molecule has 0 spiro atoms. The number of nitrogens with zero attached hydrogens (tertiary/aromatic N) is 3. The molecule has 106 valence electrons. The summed E-state index contributed by atoms with van der Waals surface area (Å²) in [7, 11) is 0. The van der Waals surface area contributed by atoms with Gasteiger partial charge in [0.15, 0.2) is 0 Å². The molecule has 0 bridgehead atoms. The second-order valence-electron chi connectivity index (χ2n) is 5.01. The third kappa shape index (κ3) is 3.30. The Labute approximate surface area is 122 Å². The van der Waals surface area contributed by atoms with Crippen LogP contribution in [-0.2, 0) is 6.54 Å². The number of nitro groups is 1. The van der Waals surface area contributed by atoms with Gasteiger partial charge in [-0.1, -0.05) is 12.1 Å². The number of hydrogen-bond donors (Lipinski definition) is 0. The van der Waals surface area contributed by atoms with Gasteiger partial charge in [-0.2, -0.15) is 5.26 Å². The van der Waals surface area contributed by atoms with Gasteiger partial charge in [0, 0.05) is 31.8 Å². The van der Waals surface area contributed by atoms with Crippen LogP contribution in [0.15, 0.2) is 24.3 Å². The van der Waals surface area contributed by atoms with Gasteiger partial charge in [0.05, 0.1) is 11.0 Å². The lowest BCUT2D eigenvalue weighted by atomic mass is 9.97. The molecule has 6 heteroatoms. The summed E-state index contributed by atoms with van der Waals surface area (Å²) < 4.78 is -0.251. The maximum atomic E-state index is 10.8. The Morgan fingerprint density at radius 3 is 2.75 bits per heavy atom. The molecule has 1 heterocycles. The van der Waals surface area contributed by atoms with E-state index in [1.165, 1.54) is 6.07 Å². The molecule has 1 aromatic rings. The van der Waals surface area contributed by atoms with E-state index in [2.05, 4.69) is 11.0 Å². The second-order valence-corrected chi connectivity index (χ2v) is 6.20. The van der Waals surface area contributed by atoms with Gasteiger partial charge in [-0.05, 0) is 24.7 Å². The number of nitro benzene ring substituents is 1. The van der Waals surface area contributed by atoms with E-state index < -0.39 is 0 Å². The highest BCUT2D eigenvalue weighted by molar-refractivity contribution is 8.00. The molecule has 1 aliphatic rings. The molecule has 0 unspecified atom stereocenters. The number of nitriles is 1. The number of likely N-dealkylation sites (tertiary alicyclic amines) is 1. The number of rotatable bonds is 4. The first-order valence-electron chi connectivity index (χ1n) is 6.51. The molecule has 5 nitrogen and oxygen atoms in total. The molecule has 0 N–H and O–H groups in total. The van der Waals surface area contributed by atoms with Gasteiger partial charge in [-0.3, -0.25) is 15.0 Å². The maximum Gasteiger partial charge on any atom is 0.269 e. The van der Waals surface area contributed by atoms with Crippen molar-refractivity contribution in [3.63, 3.8) is 0 Å². The Morgan fingerprint density at radius 1 is 1.50 bits per heavy atom. The summed E-state index contributed by atoms with van der Waals surface area (Å²) in [5, 5.41) is 20.0. The van der Waals surface area contributed by atoms with Gasteiger partial charge in [0.25, 0.3) is 5.69 Å². The molecule has 1 saturated heterocycles. The minimum absolute atomic E-state index is 0.134. The molecule has 20 heavy (non-hydrogen) atoms. The summed E-state index contributed by atoms with van der Waals surface area (Å²) in [6.45, 7) is 2.42. The van der Waals surface area contributed by atoms with Crippen LogP contribution in [0, 0.1) is 21.4 Å².